The van der Waals surface area contributed by atoms with Crippen LogP contribution in [-0.2, 0) is 11.3 Å². The number of nitrogens with zero attached hydrogens (tertiary/aromatic N) is 1. The standard InChI is InChI=1S/C26H22N2O2/c1-19(29)30-26-12-5-3-9-22(26)18-27-24-10-6-7-20(17-24)13-15-23-16-14-21-8-2-4-11-25(21)28-23/h2-17,27H,18H2,1H3. The fourth-order valence-electron chi connectivity index (χ4n) is 3.21. The van der Waals surface area contributed by atoms with E-state index in [0.29, 0.717) is 12.3 Å². The highest BCUT2D eigenvalue weighted by Gasteiger charge is 2.05. The minimum absolute atomic E-state index is 0.322. The van der Waals surface area contributed by atoms with Crippen molar-refractivity contribution in [3.8, 4) is 5.75 Å². The number of hydrogen-bond acceptors (Lipinski definition) is 4. The molecule has 0 aliphatic rings. The molecule has 4 aromatic rings. The van der Waals surface area contributed by atoms with Crippen molar-refractivity contribution in [1.29, 1.82) is 0 Å². The van der Waals surface area contributed by atoms with Gasteiger partial charge in [0.15, 0.2) is 0 Å². The van der Waals surface area contributed by atoms with Gasteiger partial charge in [-0.2, -0.15) is 0 Å². The van der Waals surface area contributed by atoms with Gasteiger partial charge < -0.3 is 10.1 Å². The van der Waals surface area contributed by atoms with E-state index in [2.05, 4.69) is 40.6 Å². The SMILES string of the molecule is CC(=O)Oc1ccccc1CNc1cccc(C=Cc2ccc3ccccc3n2)c1. The van der Waals surface area contributed by atoms with Crippen LogP contribution < -0.4 is 10.1 Å². The third kappa shape index (κ3) is 4.92. The predicted octanol–water partition coefficient (Wildman–Crippen LogP) is 5.94. The zero-order chi connectivity index (χ0) is 20.8. The van der Waals surface area contributed by atoms with Crippen molar-refractivity contribution < 1.29 is 9.53 Å². The first kappa shape index (κ1) is 19.4. The topological polar surface area (TPSA) is 51.2 Å². The summed E-state index contributed by atoms with van der Waals surface area (Å²) in [7, 11) is 0. The predicted molar refractivity (Wildman–Crippen MR) is 122 cm³/mol. The van der Waals surface area contributed by atoms with Crippen molar-refractivity contribution in [2.75, 3.05) is 5.32 Å². The molecule has 1 N–H and O–H groups in total. The molecule has 30 heavy (non-hydrogen) atoms. The Morgan fingerprint density at radius 3 is 2.67 bits per heavy atom. The average molecular weight is 394 g/mol. The number of anilines is 1. The van der Waals surface area contributed by atoms with Crippen LogP contribution in [0.15, 0.2) is 84.9 Å². The van der Waals surface area contributed by atoms with Crippen LogP contribution in [0.2, 0.25) is 0 Å². The lowest BCUT2D eigenvalue weighted by molar-refractivity contribution is -0.131. The van der Waals surface area contributed by atoms with Crippen LogP contribution in [0.1, 0.15) is 23.7 Å². The van der Waals surface area contributed by atoms with E-state index in [-0.39, 0.29) is 5.97 Å². The van der Waals surface area contributed by atoms with E-state index in [0.717, 1.165) is 33.4 Å². The Balaban J connectivity index is 1.46. The molecule has 0 aliphatic carbocycles. The van der Waals surface area contributed by atoms with E-state index < -0.39 is 0 Å². The van der Waals surface area contributed by atoms with Gasteiger partial charge in [0, 0.05) is 30.1 Å². The Labute approximate surface area is 175 Å². The Kier molecular flexibility index (Phi) is 5.85. The number of carbonyl (C=O) groups is 1. The molecule has 148 valence electrons. The molecular weight excluding hydrogens is 372 g/mol. The van der Waals surface area contributed by atoms with E-state index in [1.165, 1.54) is 6.92 Å². The summed E-state index contributed by atoms with van der Waals surface area (Å²) in [4.78, 5) is 16.0. The molecule has 0 amide bonds. The van der Waals surface area contributed by atoms with Crippen molar-refractivity contribution in [3.63, 3.8) is 0 Å². The number of rotatable bonds is 6. The maximum Gasteiger partial charge on any atom is 0.308 e. The number of esters is 1. The van der Waals surface area contributed by atoms with E-state index in [9.17, 15) is 4.79 Å². The Hall–Kier alpha value is -3.92. The number of benzene rings is 3. The Bertz CT molecular complexity index is 1210. The highest BCUT2D eigenvalue weighted by molar-refractivity contribution is 5.81. The van der Waals surface area contributed by atoms with Crippen LogP contribution in [0.5, 0.6) is 5.75 Å². The second-order valence-corrected chi connectivity index (χ2v) is 6.94. The number of aromatic nitrogens is 1. The van der Waals surface area contributed by atoms with Crippen molar-refractivity contribution in [2.24, 2.45) is 0 Å². The zero-order valence-electron chi connectivity index (χ0n) is 16.7. The number of nitrogens with one attached hydrogen (secondary N) is 1. The van der Waals surface area contributed by atoms with E-state index in [1.807, 2.05) is 60.7 Å². The third-order valence-electron chi connectivity index (χ3n) is 4.66. The quantitative estimate of drug-likeness (QED) is 0.325. The zero-order valence-corrected chi connectivity index (χ0v) is 16.7. The van der Waals surface area contributed by atoms with Gasteiger partial charge in [0.1, 0.15) is 5.75 Å². The van der Waals surface area contributed by atoms with Crippen molar-refractivity contribution >= 4 is 34.7 Å². The minimum Gasteiger partial charge on any atom is -0.426 e. The molecule has 0 atom stereocenters. The molecular formula is C26H22N2O2. The molecule has 4 nitrogen and oxygen atoms in total. The molecule has 4 rings (SSSR count). The highest BCUT2D eigenvalue weighted by atomic mass is 16.5. The number of carbonyl (C=O) groups excluding carboxylic acids is 1. The van der Waals surface area contributed by atoms with Crippen molar-refractivity contribution in [1.82, 2.24) is 4.98 Å². The monoisotopic (exact) mass is 394 g/mol. The minimum atomic E-state index is -0.322. The number of hydrogen-bond donors (Lipinski definition) is 1. The molecule has 0 spiro atoms. The summed E-state index contributed by atoms with van der Waals surface area (Å²) in [5, 5.41) is 4.53. The summed E-state index contributed by atoms with van der Waals surface area (Å²) in [6, 6.07) is 27.9. The van der Waals surface area contributed by atoms with Gasteiger partial charge in [-0.1, -0.05) is 60.7 Å². The van der Waals surface area contributed by atoms with Gasteiger partial charge in [-0.3, -0.25) is 4.79 Å². The number of para-hydroxylation sites is 2. The molecule has 0 radical (unpaired) electrons. The van der Waals surface area contributed by atoms with Gasteiger partial charge in [-0.05, 0) is 42.0 Å². The van der Waals surface area contributed by atoms with Gasteiger partial charge in [0.05, 0.1) is 11.2 Å². The van der Waals surface area contributed by atoms with Crippen LogP contribution in [0, 0.1) is 0 Å². The van der Waals surface area contributed by atoms with Crippen molar-refractivity contribution in [2.45, 2.75) is 13.5 Å². The lowest BCUT2D eigenvalue weighted by Gasteiger charge is -2.11. The second-order valence-electron chi connectivity index (χ2n) is 6.94. The summed E-state index contributed by atoms with van der Waals surface area (Å²) < 4.78 is 5.28. The first-order chi connectivity index (χ1) is 14.7. The maximum atomic E-state index is 11.3. The van der Waals surface area contributed by atoms with Crippen LogP contribution in [0.3, 0.4) is 0 Å². The first-order valence-electron chi connectivity index (χ1n) is 9.81. The number of fused-ring (bicyclic) bond motifs is 1. The third-order valence-corrected chi connectivity index (χ3v) is 4.66. The Morgan fingerprint density at radius 2 is 1.77 bits per heavy atom. The first-order valence-corrected chi connectivity index (χ1v) is 9.81. The van der Waals surface area contributed by atoms with Gasteiger partial charge in [-0.15, -0.1) is 0 Å². The maximum absolute atomic E-state index is 11.3. The number of pyridine rings is 1. The molecule has 1 heterocycles. The summed E-state index contributed by atoms with van der Waals surface area (Å²) >= 11 is 0. The highest BCUT2D eigenvalue weighted by Crippen LogP contribution is 2.21. The van der Waals surface area contributed by atoms with Crippen LogP contribution >= 0.6 is 0 Å². The van der Waals surface area contributed by atoms with Gasteiger partial charge >= 0.3 is 5.97 Å². The lowest BCUT2D eigenvalue weighted by Crippen LogP contribution is -2.06. The van der Waals surface area contributed by atoms with Gasteiger partial charge in [0.2, 0.25) is 0 Å². The molecule has 0 unspecified atom stereocenters. The molecule has 0 bridgehead atoms. The average Bonchev–Trinajstić information content (AvgIpc) is 2.77. The molecule has 4 heteroatoms. The van der Waals surface area contributed by atoms with Gasteiger partial charge in [-0.25, -0.2) is 4.98 Å². The smallest absolute Gasteiger partial charge is 0.308 e. The summed E-state index contributed by atoms with van der Waals surface area (Å²) in [6.07, 6.45) is 4.07. The summed E-state index contributed by atoms with van der Waals surface area (Å²) in [5.74, 6) is 0.257. The molecule has 0 fully saturated rings. The molecule has 1 aromatic heterocycles. The molecule has 3 aromatic carbocycles. The van der Waals surface area contributed by atoms with E-state index in [1.54, 1.807) is 6.07 Å². The summed E-state index contributed by atoms with van der Waals surface area (Å²) in [6.45, 7) is 1.97. The fourth-order valence-corrected chi connectivity index (χ4v) is 3.21. The van der Waals surface area contributed by atoms with Gasteiger partial charge in [0.25, 0.3) is 0 Å². The lowest BCUT2D eigenvalue weighted by atomic mass is 10.1. The van der Waals surface area contributed by atoms with E-state index in [4.69, 9.17) is 4.74 Å². The second kappa shape index (κ2) is 9.05. The van der Waals surface area contributed by atoms with Crippen molar-refractivity contribution in [3.05, 3.63) is 102 Å². The fraction of sp³-hybridized carbons (Fsp3) is 0.0769. The molecule has 0 saturated heterocycles. The van der Waals surface area contributed by atoms with Crippen LogP contribution in [0.25, 0.3) is 23.1 Å². The number of ether oxygens (including phenoxy) is 1. The van der Waals surface area contributed by atoms with E-state index >= 15 is 0 Å². The van der Waals surface area contributed by atoms with Crippen LogP contribution in [-0.4, -0.2) is 11.0 Å². The Morgan fingerprint density at radius 1 is 0.933 bits per heavy atom. The van der Waals surface area contributed by atoms with Crippen LogP contribution in [0.4, 0.5) is 5.69 Å². The molecule has 0 aliphatic heterocycles. The summed E-state index contributed by atoms with van der Waals surface area (Å²) in [5.41, 5.74) is 4.89. The molecule has 0 saturated carbocycles. The largest absolute Gasteiger partial charge is 0.426 e. The normalized spacial score (nSPS) is 11.0.